The van der Waals surface area contributed by atoms with Gasteiger partial charge in [0.2, 0.25) is 5.91 Å². The summed E-state index contributed by atoms with van der Waals surface area (Å²) in [6.45, 7) is 8.73. The van der Waals surface area contributed by atoms with Crippen LogP contribution in [-0.4, -0.2) is 26.1 Å². The number of para-hydroxylation sites is 1. The summed E-state index contributed by atoms with van der Waals surface area (Å²) in [5.41, 5.74) is 1.07. The molecule has 2 rings (SSSR count). The molecular formula is C21H34N2O2. The second-order valence-electron chi connectivity index (χ2n) is 7.78. The van der Waals surface area contributed by atoms with Gasteiger partial charge in [-0.3, -0.25) is 4.79 Å². The molecule has 1 saturated heterocycles. The lowest BCUT2D eigenvalue weighted by atomic mass is 9.85. The van der Waals surface area contributed by atoms with Gasteiger partial charge in [-0.05, 0) is 56.2 Å². The molecule has 3 atom stereocenters. The summed E-state index contributed by atoms with van der Waals surface area (Å²) in [5.74, 6) is 2.50. The fraction of sp³-hybridized carbons (Fsp3) is 0.667. The standard InChI is InChI=1S/C21H34N2O2/c1-15(2)12-19(18-9-5-6-10-20(18)25-4)23-21(24)13-16(3)17-8-7-11-22-14-17/h5-6,9-10,15-17,19,22H,7-8,11-14H2,1-4H3,(H,23,24). The van der Waals surface area contributed by atoms with Crippen molar-refractivity contribution in [2.75, 3.05) is 20.2 Å². The first-order valence-electron chi connectivity index (χ1n) is 9.64. The van der Waals surface area contributed by atoms with Gasteiger partial charge in [-0.15, -0.1) is 0 Å². The molecule has 1 aromatic carbocycles. The zero-order chi connectivity index (χ0) is 18.2. The van der Waals surface area contributed by atoms with Crippen LogP contribution in [0.1, 0.15) is 58.1 Å². The maximum Gasteiger partial charge on any atom is 0.220 e. The number of nitrogens with one attached hydrogen (secondary N) is 2. The highest BCUT2D eigenvalue weighted by molar-refractivity contribution is 5.76. The van der Waals surface area contributed by atoms with E-state index in [1.54, 1.807) is 7.11 Å². The second-order valence-corrected chi connectivity index (χ2v) is 7.78. The summed E-state index contributed by atoms with van der Waals surface area (Å²) < 4.78 is 5.51. The maximum absolute atomic E-state index is 12.7. The van der Waals surface area contributed by atoms with Crippen molar-refractivity contribution in [2.24, 2.45) is 17.8 Å². The minimum absolute atomic E-state index is 0.000306. The third kappa shape index (κ3) is 6.03. The Bertz CT molecular complexity index is 538. The minimum atomic E-state index is 0.000306. The molecule has 0 aromatic heterocycles. The molecule has 1 heterocycles. The number of ether oxygens (including phenoxy) is 1. The van der Waals surface area contributed by atoms with Crippen molar-refractivity contribution in [1.82, 2.24) is 10.6 Å². The van der Waals surface area contributed by atoms with Gasteiger partial charge in [0.25, 0.3) is 0 Å². The van der Waals surface area contributed by atoms with Gasteiger partial charge in [-0.25, -0.2) is 0 Å². The highest BCUT2D eigenvalue weighted by Gasteiger charge is 2.24. The summed E-state index contributed by atoms with van der Waals surface area (Å²) in [4.78, 5) is 12.7. The fourth-order valence-electron chi connectivity index (χ4n) is 3.77. The van der Waals surface area contributed by atoms with Crippen LogP contribution < -0.4 is 15.4 Å². The minimum Gasteiger partial charge on any atom is -0.496 e. The third-order valence-electron chi connectivity index (χ3n) is 5.20. The average Bonchev–Trinajstić information content (AvgIpc) is 2.61. The van der Waals surface area contributed by atoms with E-state index in [0.29, 0.717) is 24.2 Å². The molecule has 1 amide bonds. The van der Waals surface area contributed by atoms with Crippen LogP contribution in [0.2, 0.25) is 0 Å². The van der Waals surface area contributed by atoms with E-state index in [1.165, 1.54) is 12.8 Å². The molecule has 0 bridgehead atoms. The number of rotatable bonds is 8. The van der Waals surface area contributed by atoms with Crippen LogP contribution in [0.25, 0.3) is 0 Å². The van der Waals surface area contributed by atoms with Crippen molar-refractivity contribution in [3.8, 4) is 5.75 Å². The second kappa shape index (κ2) is 9.81. The molecule has 3 unspecified atom stereocenters. The van der Waals surface area contributed by atoms with Gasteiger partial charge in [0.1, 0.15) is 5.75 Å². The molecule has 4 nitrogen and oxygen atoms in total. The van der Waals surface area contributed by atoms with E-state index in [0.717, 1.165) is 30.8 Å². The molecule has 2 N–H and O–H groups in total. The number of piperidine rings is 1. The molecule has 0 aliphatic carbocycles. The van der Waals surface area contributed by atoms with Crippen molar-refractivity contribution < 1.29 is 9.53 Å². The number of methoxy groups -OCH3 is 1. The number of hydrogen-bond donors (Lipinski definition) is 2. The summed E-state index contributed by atoms with van der Waals surface area (Å²) >= 11 is 0. The van der Waals surface area contributed by atoms with Gasteiger partial charge in [0.15, 0.2) is 0 Å². The molecule has 4 heteroatoms. The van der Waals surface area contributed by atoms with Gasteiger partial charge >= 0.3 is 0 Å². The molecule has 1 aromatic rings. The maximum atomic E-state index is 12.7. The van der Waals surface area contributed by atoms with E-state index in [2.05, 4.69) is 37.5 Å². The topological polar surface area (TPSA) is 50.4 Å². The summed E-state index contributed by atoms with van der Waals surface area (Å²) in [5, 5.41) is 6.72. The zero-order valence-corrected chi connectivity index (χ0v) is 16.2. The van der Waals surface area contributed by atoms with Crippen molar-refractivity contribution in [1.29, 1.82) is 0 Å². The monoisotopic (exact) mass is 346 g/mol. The van der Waals surface area contributed by atoms with Gasteiger partial charge in [-0.1, -0.05) is 39.0 Å². The first-order chi connectivity index (χ1) is 12.0. The SMILES string of the molecule is COc1ccccc1C(CC(C)C)NC(=O)CC(C)C1CCCNC1. The fourth-order valence-corrected chi connectivity index (χ4v) is 3.77. The molecule has 1 aliphatic rings. The Morgan fingerprint density at radius 1 is 1.32 bits per heavy atom. The lowest BCUT2D eigenvalue weighted by Gasteiger charge is -2.29. The van der Waals surface area contributed by atoms with Crippen LogP contribution in [0.5, 0.6) is 5.75 Å². The molecule has 0 saturated carbocycles. The largest absolute Gasteiger partial charge is 0.496 e. The summed E-state index contributed by atoms with van der Waals surface area (Å²) in [6.07, 6.45) is 3.94. The zero-order valence-electron chi connectivity index (χ0n) is 16.2. The van der Waals surface area contributed by atoms with E-state index in [4.69, 9.17) is 4.74 Å². The van der Waals surface area contributed by atoms with Crippen molar-refractivity contribution >= 4 is 5.91 Å². The smallest absolute Gasteiger partial charge is 0.220 e. The lowest BCUT2D eigenvalue weighted by Crippen LogP contribution is -2.36. The molecule has 140 valence electrons. The molecule has 0 radical (unpaired) electrons. The Morgan fingerprint density at radius 3 is 2.72 bits per heavy atom. The van der Waals surface area contributed by atoms with E-state index in [-0.39, 0.29) is 11.9 Å². The van der Waals surface area contributed by atoms with Crippen LogP contribution in [0, 0.1) is 17.8 Å². The predicted molar refractivity (Wildman–Crippen MR) is 103 cm³/mol. The van der Waals surface area contributed by atoms with Crippen LogP contribution in [0.3, 0.4) is 0 Å². The third-order valence-corrected chi connectivity index (χ3v) is 5.20. The highest BCUT2D eigenvalue weighted by Crippen LogP contribution is 2.30. The van der Waals surface area contributed by atoms with E-state index >= 15 is 0 Å². The number of benzene rings is 1. The van der Waals surface area contributed by atoms with Crippen LogP contribution in [0.4, 0.5) is 0 Å². The Morgan fingerprint density at radius 2 is 2.08 bits per heavy atom. The summed E-state index contributed by atoms with van der Waals surface area (Å²) in [7, 11) is 1.69. The Balaban J connectivity index is 2.02. The lowest BCUT2D eigenvalue weighted by molar-refractivity contribution is -0.123. The quantitative estimate of drug-likeness (QED) is 0.750. The van der Waals surface area contributed by atoms with Crippen molar-refractivity contribution in [3.05, 3.63) is 29.8 Å². The molecule has 25 heavy (non-hydrogen) atoms. The van der Waals surface area contributed by atoms with Gasteiger partial charge in [0, 0.05) is 12.0 Å². The van der Waals surface area contributed by atoms with E-state index < -0.39 is 0 Å². The van der Waals surface area contributed by atoms with E-state index in [1.807, 2.05) is 18.2 Å². The number of amides is 1. The predicted octanol–water partition coefficient (Wildman–Crippen LogP) is 3.92. The average molecular weight is 347 g/mol. The first kappa shape index (κ1) is 19.8. The van der Waals surface area contributed by atoms with Crippen molar-refractivity contribution in [3.63, 3.8) is 0 Å². The first-order valence-corrected chi connectivity index (χ1v) is 9.64. The Hall–Kier alpha value is -1.55. The number of hydrogen-bond acceptors (Lipinski definition) is 3. The summed E-state index contributed by atoms with van der Waals surface area (Å²) in [6, 6.07) is 7.99. The normalized spacial score (nSPS) is 20.1. The Labute approximate surface area is 152 Å². The molecular weight excluding hydrogens is 312 g/mol. The van der Waals surface area contributed by atoms with E-state index in [9.17, 15) is 4.79 Å². The molecule has 1 aliphatic heterocycles. The van der Waals surface area contributed by atoms with Gasteiger partial charge in [0.05, 0.1) is 13.2 Å². The van der Waals surface area contributed by atoms with Gasteiger partial charge < -0.3 is 15.4 Å². The van der Waals surface area contributed by atoms with Crippen LogP contribution in [-0.2, 0) is 4.79 Å². The van der Waals surface area contributed by atoms with Crippen LogP contribution >= 0.6 is 0 Å². The number of carbonyl (C=O) groups is 1. The van der Waals surface area contributed by atoms with Gasteiger partial charge in [-0.2, -0.15) is 0 Å². The Kier molecular flexibility index (Phi) is 7.76. The molecule has 1 fully saturated rings. The highest BCUT2D eigenvalue weighted by atomic mass is 16.5. The van der Waals surface area contributed by atoms with Crippen LogP contribution in [0.15, 0.2) is 24.3 Å². The molecule has 0 spiro atoms. The van der Waals surface area contributed by atoms with Crippen molar-refractivity contribution in [2.45, 2.75) is 52.5 Å². The number of carbonyl (C=O) groups excluding carboxylic acids is 1.